The number of aromatic nitrogens is 3. The van der Waals surface area contributed by atoms with Gasteiger partial charge < -0.3 is 10.3 Å². The Morgan fingerprint density at radius 2 is 2.04 bits per heavy atom. The van der Waals surface area contributed by atoms with Crippen molar-refractivity contribution >= 4 is 17.2 Å². The molecule has 1 aliphatic rings. The summed E-state index contributed by atoms with van der Waals surface area (Å²) in [5.41, 5.74) is 2.80. The quantitative estimate of drug-likeness (QED) is 0.750. The highest BCUT2D eigenvalue weighted by atomic mass is 35.5. The summed E-state index contributed by atoms with van der Waals surface area (Å²) >= 11 is 5.89. The summed E-state index contributed by atoms with van der Waals surface area (Å²) in [4.78, 5) is 15.0. The summed E-state index contributed by atoms with van der Waals surface area (Å²) in [5, 5.41) is 7.82. The molecule has 24 heavy (non-hydrogen) atoms. The average molecular weight is 347 g/mol. The van der Waals surface area contributed by atoms with Crippen molar-refractivity contribution in [2.75, 3.05) is 13.1 Å². The van der Waals surface area contributed by atoms with E-state index in [1.807, 2.05) is 0 Å². The van der Waals surface area contributed by atoms with Gasteiger partial charge in [-0.05, 0) is 43.6 Å². The molecule has 124 valence electrons. The second kappa shape index (κ2) is 6.03. The second-order valence-electron chi connectivity index (χ2n) is 6.03. The molecule has 0 aliphatic carbocycles. The van der Waals surface area contributed by atoms with Crippen LogP contribution in [0, 0.1) is 5.82 Å². The largest absolute Gasteiger partial charge is 0.317 e. The number of nitrogens with zero attached hydrogens (tertiary/aromatic N) is 2. The molecule has 4 rings (SSSR count). The first-order chi connectivity index (χ1) is 11.6. The number of halogens is 2. The summed E-state index contributed by atoms with van der Waals surface area (Å²) in [7, 11) is 0. The van der Waals surface area contributed by atoms with Crippen LogP contribution in [0.1, 0.15) is 24.5 Å². The number of rotatable bonds is 2. The van der Waals surface area contributed by atoms with Gasteiger partial charge in [-0.25, -0.2) is 8.91 Å². The zero-order valence-corrected chi connectivity index (χ0v) is 13.6. The predicted molar refractivity (Wildman–Crippen MR) is 91.1 cm³/mol. The third-order valence-corrected chi connectivity index (χ3v) is 4.81. The number of piperidine rings is 1. The topological polar surface area (TPSA) is 62.2 Å². The fraction of sp³-hybridized carbons (Fsp3) is 0.294. The van der Waals surface area contributed by atoms with Crippen LogP contribution in [-0.2, 0) is 0 Å². The minimum atomic E-state index is -0.472. The molecule has 5 nitrogen and oxygen atoms in total. The maximum absolute atomic E-state index is 13.4. The summed E-state index contributed by atoms with van der Waals surface area (Å²) in [6.07, 6.45) is 3.62. The van der Waals surface area contributed by atoms with Crippen LogP contribution in [0.4, 0.5) is 4.39 Å². The molecule has 3 aromatic rings. The summed E-state index contributed by atoms with van der Waals surface area (Å²) in [6, 6.07) is 6.12. The van der Waals surface area contributed by atoms with Crippen LogP contribution < -0.4 is 10.9 Å². The van der Waals surface area contributed by atoms with E-state index in [-0.39, 0.29) is 10.6 Å². The molecule has 0 unspecified atom stereocenters. The SMILES string of the molecule is O=c1cc(C2CCNCC2)n2ncc(-c3ccc(F)c(Cl)c3)c2[nH]1. The molecule has 1 fully saturated rings. The van der Waals surface area contributed by atoms with Crippen molar-refractivity contribution in [2.45, 2.75) is 18.8 Å². The maximum atomic E-state index is 13.4. The van der Waals surface area contributed by atoms with Crippen LogP contribution in [-0.4, -0.2) is 27.7 Å². The van der Waals surface area contributed by atoms with Gasteiger partial charge in [0.25, 0.3) is 5.56 Å². The smallest absolute Gasteiger partial charge is 0.251 e. The molecule has 0 saturated carbocycles. The Labute approximate surface area is 142 Å². The lowest BCUT2D eigenvalue weighted by atomic mass is 9.94. The third-order valence-electron chi connectivity index (χ3n) is 4.52. The molecule has 7 heteroatoms. The van der Waals surface area contributed by atoms with E-state index in [0.717, 1.165) is 42.8 Å². The van der Waals surface area contributed by atoms with Gasteiger partial charge in [-0.15, -0.1) is 0 Å². The molecule has 0 atom stereocenters. The lowest BCUT2D eigenvalue weighted by Gasteiger charge is -2.23. The molecule has 0 amide bonds. The van der Waals surface area contributed by atoms with Gasteiger partial charge in [0.2, 0.25) is 0 Å². The molecule has 1 aliphatic heterocycles. The summed E-state index contributed by atoms with van der Waals surface area (Å²) < 4.78 is 15.2. The van der Waals surface area contributed by atoms with Gasteiger partial charge >= 0.3 is 0 Å². The molecular weight excluding hydrogens is 331 g/mol. The fourth-order valence-electron chi connectivity index (χ4n) is 3.30. The Morgan fingerprint density at radius 3 is 2.79 bits per heavy atom. The van der Waals surface area contributed by atoms with Crippen molar-refractivity contribution in [2.24, 2.45) is 0 Å². The van der Waals surface area contributed by atoms with Crippen LogP contribution >= 0.6 is 11.6 Å². The van der Waals surface area contributed by atoms with E-state index >= 15 is 0 Å². The standard InChI is InChI=1S/C17H16ClFN4O/c18-13-7-11(1-2-14(13)19)12-9-21-23-15(8-16(24)22-17(12)23)10-3-5-20-6-4-10/h1-2,7-10,20H,3-6H2,(H,22,24). The Bertz CT molecular complexity index is 959. The van der Waals surface area contributed by atoms with Crippen LogP contribution in [0.2, 0.25) is 5.02 Å². The van der Waals surface area contributed by atoms with E-state index in [9.17, 15) is 9.18 Å². The first-order valence-electron chi connectivity index (χ1n) is 7.90. The summed E-state index contributed by atoms with van der Waals surface area (Å²) in [6.45, 7) is 1.86. The molecule has 1 saturated heterocycles. The minimum Gasteiger partial charge on any atom is -0.317 e. The lowest BCUT2D eigenvalue weighted by Crippen LogP contribution is -2.28. The molecule has 2 aromatic heterocycles. The van der Waals surface area contributed by atoms with Crippen molar-refractivity contribution in [3.05, 3.63) is 57.3 Å². The molecule has 0 radical (unpaired) electrons. The molecular formula is C17H16ClFN4O. The number of hydrogen-bond donors (Lipinski definition) is 2. The first kappa shape index (κ1) is 15.4. The van der Waals surface area contributed by atoms with Gasteiger partial charge in [0.05, 0.1) is 16.9 Å². The molecule has 0 spiro atoms. The lowest BCUT2D eigenvalue weighted by molar-refractivity contribution is 0.446. The predicted octanol–water partition coefficient (Wildman–Crippen LogP) is 2.95. The van der Waals surface area contributed by atoms with Gasteiger partial charge in [-0.3, -0.25) is 4.79 Å². The molecule has 0 bridgehead atoms. The normalized spacial score (nSPS) is 15.9. The summed E-state index contributed by atoms with van der Waals surface area (Å²) in [5.74, 6) is -0.179. The van der Waals surface area contributed by atoms with Gasteiger partial charge in [0.15, 0.2) is 0 Å². The van der Waals surface area contributed by atoms with E-state index in [2.05, 4.69) is 15.4 Å². The van der Waals surface area contributed by atoms with Gasteiger partial charge in [-0.1, -0.05) is 17.7 Å². The average Bonchev–Trinajstić information content (AvgIpc) is 3.01. The first-order valence-corrected chi connectivity index (χ1v) is 8.28. The van der Waals surface area contributed by atoms with Crippen LogP contribution in [0.3, 0.4) is 0 Å². The van der Waals surface area contributed by atoms with Gasteiger partial charge in [0, 0.05) is 17.5 Å². The number of hydrogen-bond acceptors (Lipinski definition) is 3. The Hall–Kier alpha value is -2.18. The van der Waals surface area contributed by atoms with Crippen LogP contribution in [0.15, 0.2) is 35.3 Å². The van der Waals surface area contributed by atoms with Crippen LogP contribution in [0.5, 0.6) is 0 Å². The van der Waals surface area contributed by atoms with E-state index < -0.39 is 5.82 Å². The number of aromatic amines is 1. The maximum Gasteiger partial charge on any atom is 0.251 e. The number of H-pyrrole nitrogens is 1. The van der Waals surface area contributed by atoms with Crippen molar-refractivity contribution < 1.29 is 4.39 Å². The Balaban J connectivity index is 1.88. The van der Waals surface area contributed by atoms with E-state index in [4.69, 9.17) is 11.6 Å². The molecule has 1 aromatic carbocycles. The number of benzene rings is 1. The highest BCUT2D eigenvalue weighted by molar-refractivity contribution is 6.31. The number of nitrogens with one attached hydrogen (secondary N) is 2. The Kier molecular flexibility index (Phi) is 3.86. The highest BCUT2D eigenvalue weighted by Gasteiger charge is 2.21. The van der Waals surface area contributed by atoms with Crippen molar-refractivity contribution in [1.29, 1.82) is 0 Å². The Morgan fingerprint density at radius 1 is 1.25 bits per heavy atom. The highest BCUT2D eigenvalue weighted by Crippen LogP contribution is 2.30. The van der Waals surface area contributed by atoms with Crippen molar-refractivity contribution in [1.82, 2.24) is 19.9 Å². The third kappa shape index (κ3) is 2.61. The second-order valence-corrected chi connectivity index (χ2v) is 6.44. The monoisotopic (exact) mass is 346 g/mol. The zero-order chi connectivity index (χ0) is 16.7. The number of fused-ring (bicyclic) bond motifs is 1. The van der Waals surface area contributed by atoms with E-state index in [1.165, 1.54) is 6.07 Å². The van der Waals surface area contributed by atoms with E-state index in [0.29, 0.717) is 11.6 Å². The molecule has 3 heterocycles. The molecule has 2 N–H and O–H groups in total. The zero-order valence-electron chi connectivity index (χ0n) is 12.9. The van der Waals surface area contributed by atoms with Crippen molar-refractivity contribution in [3.8, 4) is 11.1 Å². The van der Waals surface area contributed by atoms with Gasteiger partial charge in [0.1, 0.15) is 11.5 Å². The fourth-order valence-corrected chi connectivity index (χ4v) is 3.48. The van der Waals surface area contributed by atoms with Gasteiger partial charge in [-0.2, -0.15) is 5.10 Å². The van der Waals surface area contributed by atoms with Crippen molar-refractivity contribution in [3.63, 3.8) is 0 Å². The van der Waals surface area contributed by atoms with Crippen LogP contribution in [0.25, 0.3) is 16.8 Å². The minimum absolute atomic E-state index is 0.0451. The van der Waals surface area contributed by atoms with E-state index in [1.54, 1.807) is 28.9 Å².